The van der Waals surface area contributed by atoms with Gasteiger partial charge >= 0.3 is 11.9 Å². The summed E-state index contributed by atoms with van der Waals surface area (Å²) in [5.74, 6) is -4.05. The number of hydrogen-bond donors (Lipinski definition) is 4. The van der Waals surface area contributed by atoms with Crippen molar-refractivity contribution in [1.29, 1.82) is 0 Å². The van der Waals surface area contributed by atoms with E-state index < -0.39 is 58.4 Å². The number of carboxylic acid groups (broad SMARTS) is 2. The van der Waals surface area contributed by atoms with Gasteiger partial charge in [0.05, 0.1) is 13.2 Å². The van der Waals surface area contributed by atoms with Crippen LogP contribution in [0.4, 0.5) is 0 Å². The summed E-state index contributed by atoms with van der Waals surface area (Å²) < 4.78 is 10.1. The Morgan fingerprint density at radius 3 is 1.43 bits per heavy atom. The Hall–Kier alpha value is -3.86. The SMILES string of the molecule is COCC1=C(C(=O)O)N2C(=O)[C@@H](NC(=O)c3ccc(C(=O)N[C@@H]4C(=O)N5C(C(=O)O)=C(COC)CS[C@H]45)cc3)[C@H]2SC1. The van der Waals surface area contributed by atoms with Gasteiger partial charge in [0.15, 0.2) is 0 Å². The van der Waals surface area contributed by atoms with Gasteiger partial charge in [0.1, 0.15) is 34.2 Å². The first kappa shape index (κ1) is 29.6. The Morgan fingerprint density at radius 2 is 1.12 bits per heavy atom. The fourth-order valence-corrected chi connectivity index (χ4v) is 7.81. The Labute approximate surface area is 247 Å². The Balaban J connectivity index is 1.20. The number of amides is 4. The molecule has 14 nitrogen and oxygen atoms in total. The molecule has 5 rings (SSSR count). The van der Waals surface area contributed by atoms with Gasteiger partial charge in [-0.3, -0.25) is 29.0 Å². The minimum atomic E-state index is -1.24. The Bertz CT molecular complexity index is 1340. The molecule has 222 valence electrons. The number of fused-ring (bicyclic) bond motifs is 2. The lowest BCUT2D eigenvalue weighted by molar-refractivity contribution is -0.148. The van der Waals surface area contributed by atoms with Gasteiger partial charge in [0.25, 0.3) is 23.6 Å². The van der Waals surface area contributed by atoms with Crippen LogP contribution >= 0.6 is 23.5 Å². The molecule has 0 unspecified atom stereocenters. The maximum absolute atomic E-state index is 12.9. The number of nitrogens with zero attached hydrogens (tertiary/aromatic N) is 2. The van der Waals surface area contributed by atoms with Crippen molar-refractivity contribution in [3.8, 4) is 0 Å². The van der Waals surface area contributed by atoms with Crippen molar-refractivity contribution in [3.63, 3.8) is 0 Å². The van der Waals surface area contributed by atoms with E-state index in [-0.39, 0.29) is 35.7 Å². The molecular weight excluding hydrogens is 592 g/mol. The number of benzene rings is 1. The second kappa shape index (κ2) is 11.8. The topological polar surface area (TPSA) is 192 Å². The lowest BCUT2D eigenvalue weighted by Gasteiger charge is -2.49. The lowest BCUT2D eigenvalue weighted by Crippen LogP contribution is -2.70. The van der Waals surface area contributed by atoms with Gasteiger partial charge < -0.3 is 30.3 Å². The van der Waals surface area contributed by atoms with E-state index in [4.69, 9.17) is 9.47 Å². The average Bonchev–Trinajstić information content (AvgIpc) is 2.97. The molecule has 0 aliphatic carbocycles. The smallest absolute Gasteiger partial charge is 0.352 e. The van der Waals surface area contributed by atoms with Gasteiger partial charge in [-0.2, -0.15) is 0 Å². The quantitative estimate of drug-likeness (QED) is 0.250. The first-order valence-corrected chi connectivity index (χ1v) is 14.7. The number of methoxy groups -OCH3 is 2. The number of carboxylic acids is 2. The monoisotopic (exact) mass is 618 g/mol. The zero-order valence-electron chi connectivity index (χ0n) is 22.3. The van der Waals surface area contributed by atoms with E-state index in [2.05, 4.69) is 10.6 Å². The van der Waals surface area contributed by atoms with E-state index in [0.29, 0.717) is 22.7 Å². The molecule has 0 saturated carbocycles. The van der Waals surface area contributed by atoms with Crippen molar-refractivity contribution in [3.05, 3.63) is 57.9 Å². The lowest BCUT2D eigenvalue weighted by atomic mass is 10.0. The predicted octanol–water partition coefficient (Wildman–Crippen LogP) is -0.316. The van der Waals surface area contributed by atoms with Crippen LogP contribution in [0.25, 0.3) is 0 Å². The number of thioether (sulfide) groups is 2. The summed E-state index contributed by atoms with van der Waals surface area (Å²) in [6.45, 7) is 0.148. The van der Waals surface area contributed by atoms with Crippen molar-refractivity contribution >= 4 is 59.1 Å². The van der Waals surface area contributed by atoms with Crippen molar-refractivity contribution in [1.82, 2.24) is 20.4 Å². The molecule has 4 amide bonds. The maximum atomic E-state index is 12.9. The zero-order chi connectivity index (χ0) is 30.3. The van der Waals surface area contributed by atoms with E-state index in [1.54, 1.807) is 0 Å². The van der Waals surface area contributed by atoms with Gasteiger partial charge in [-0.25, -0.2) is 9.59 Å². The molecule has 4 aliphatic rings. The predicted molar refractivity (Wildman–Crippen MR) is 148 cm³/mol. The van der Waals surface area contributed by atoms with Crippen LogP contribution < -0.4 is 10.6 Å². The van der Waals surface area contributed by atoms with Crippen molar-refractivity contribution in [2.24, 2.45) is 0 Å². The summed E-state index contributed by atoms with van der Waals surface area (Å²) in [6.07, 6.45) is 0. The van der Waals surface area contributed by atoms with Crippen LogP contribution in [-0.2, 0) is 28.7 Å². The largest absolute Gasteiger partial charge is 0.477 e. The standard InChI is InChI=1S/C26H26N4O10S2/c1-39-7-13-9-41-23-15(21(33)29(23)17(13)25(35)36)27-19(31)11-3-5-12(6-4-11)20(32)28-16-22(34)30-18(26(37)38)14(8-40-2)10-42-24(16)30/h3-6,15-16,23-24H,7-10H2,1-2H3,(H,27,31)(H,28,32)(H,35,36)(H,37,38)/t15-,16-,23-,24-/m1/s1. The van der Waals surface area contributed by atoms with E-state index in [1.807, 2.05) is 0 Å². The van der Waals surface area contributed by atoms with Gasteiger partial charge in [-0.1, -0.05) is 0 Å². The normalized spacial score (nSPS) is 24.8. The molecule has 2 fully saturated rings. The first-order chi connectivity index (χ1) is 20.1. The highest BCUT2D eigenvalue weighted by molar-refractivity contribution is 8.00. The third-order valence-corrected chi connectivity index (χ3v) is 9.80. The average molecular weight is 619 g/mol. The number of β-lactam (4-membered cyclic amide) rings is 2. The first-order valence-electron chi connectivity index (χ1n) is 12.6. The molecule has 0 bridgehead atoms. The number of nitrogens with one attached hydrogen (secondary N) is 2. The fraction of sp³-hybridized carbons (Fsp3) is 0.385. The van der Waals surface area contributed by atoms with E-state index in [0.717, 1.165) is 9.80 Å². The van der Waals surface area contributed by atoms with Crippen molar-refractivity contribution < 1.29 is 48.5 Å². The fourth-order valence-electron chi connectivity index (χ4n) is 5.16. The van der Waals surface area contributed by atoms with Crippen LogP contribution in [0.3, 0.4) is 0 Å². The molecule has 0 radical (unpaired) electrons. The third kappa shape index (κ3) is 5.04. The number of hydrogen-bond acceptors (Lipinski definition) is 10. The van der Waals surface area contributed by atoms with Crippen molar-refractivity contribution in [2.75, 3.05) is 38.9 Å². The van der Waals surface area contributed by atoms with Crippen LogP contribution in [0.2, 0.25) is 0 Å². The van der Waals surface area contributed by atoms with Crippen LogP contribution in [0, 0.1) is 0 Å². The number of ether oxygens (including phenoxy) is 2. The Kier molecular flexibility index (Phi) is 8.32. The van der Waals surface area contributed by atoms with Crippen LogP contribution in [0.5, 0.6) is 0 Å². The van der Waals surface area contributed by atoms with Gasteiger partial charge in [-0.15, -0.1) is 23.5 Å². The highest BCUT2D eigenvalue weighted by Crippen LogP contribution is 2.41. The molecule has 0 aromatic heterocycles. The molecule has 1 aromatic rings. The highest BCUT2D eigenvalue weighted by atomic mass is 32.2. The second-order valence-corrected chi connectivity index (χ2v) is 11.9. The minimum Gasteiger partial charge on any atom is -0.477 e. The van der Waals surface area contributed by atoms with Gasteiger partial charge in [0.2, 0.25) is 0 Å². The molecule has 16 heteroatoms. The van der Waals surface area contributed by atoms with Crippen LogP contribution in [-0.4, -0.2) is 117 Å². The van der Waals surface area contributed by atoms with E-state index >= 15 is 0 Å². The van der Waals surface area contributed by atoms with Crippen LogP contribution in [0.15, 0.2) is 46.8 Å². The number of rotatable bonds is 10. The number of carbonyl (C=O) groups is 6. The number of aliphatic carboxylic acids is 2. The second-order valence-electron chi connectivity index (χ2n) is 9.68. The summed E-state index contributed by atoms with van der Waals surface area (Å²) in [7, 11) is 2.87. The maximum Gasteiger partial charge on any atom is 0.352 e. The molecule has 4 heterocycles. The third-order valence-electron chi connectivity index (χ3n) is 7.12. The molecule has 1 aromatic carbocycles. The molecule has 2 saturated heterocycles. The van der Waals surface area contributed by atoms with Gasteiger partial charge in [0, 0.05) is 36.9 Å². The summed E-state index contributed by atoms with van der Waals surface area (Å²) in [6, 6.07) is 3.74. The summed E-state index contributed by atoms with van der Waals surface area (Å²) in [5.41, 5.74) is 1.04. The molecule has 0 spiro atoms. The molecule has 4 N–H and O–H groups in total. The van der Waals surface area contributed by atoms with Crippen molar-refractivity contribution in [2.45, 2.75) is 22.8 Å². The molecule has 4 aliphatic heterocycles. The Morgan fingerprint density at radius 1 is 0.762 bits per heavy atom. The zero-order valence-corrected chi connectivity index (χ0v) is 24.0. The summed E-state index contributed by atoms with van der Waals surface area (Å²) in [5, 5.41) is 23.4. The molecular formula is C26H26N4O10S2. The van der Waals surface area contributed by atoms with E-state index in [9.17, 15) is 39.0 Å². The number of carbonyl (C=O) groups excluding carboxylic acids is 4. The van der Waals surface area contributed by atoms with Crippen LogP contribution in [0.1, 0.15) is 20.7 Å². The minimum absolute atomic E-state index is 0.0739. The highest BCUT2D eigenvalue weighted by Gasteiger charge is 2.55. The van der Waals surface area contributed by atoms with E-state index in [1.165, 1.54) is 62.0 Å². The summed E-state index contributed by atoms with van der Waals surface area (Å²) in [4.78, 5) is 77.2. The summed E-state index contributed by atoms with van der Waals surface area (Å²) >= 11 is 2.65. The molecule has 4 atom stereocenters. The van der Waals surface area contributed by atoms with Gasteiger partial charge in [-0.05, 0) is 35.4 Å². The molecule has 42 heavy (non-hydrogen) atoms.